The lowest BCUT2D eigenvalue weighted by Gasteiger charge is -2.32. The predicted octanol–water partition coefficient (Wildman–Crippen LogP) is 4.12. The second-order valence-electron chi connectivity index (χ2n) is 8.27. The SMILES string of the molecule is Cc1nccn1CC1(CNC(=O)C(C)(Nc2ccccc2)c2ccccc2)CC1. The number of aryl methyl sites for hydroxylation is 1. The number of nitrogens with one attached hydrogen (secondary N) is 2. The fourth-order valence-corrected chi connectivity index (χ4v) is 3.79. The van der Waals surface area contributed by atoms with Crippen molar-refractivity contribution in [1.82, 2.24) is 14.9 Å². The maximum Gasteiger partial charge on any atom is 0.250 e. The maximum atomic E-state index is 13.4. The van der Waals surface area contributed by atoms with Crippen molar-refractivity contribution in [2.45, 2.75) is 38.8 Å². The molecule has 0 radical (unpaired) electrons. The van der Waals surface area contributed by atoms with Crippen LogP contribution in [0.25, 0.3) is 0 Å². The maximum absolute atomic E-state index is 13.4. The minimum Gasteiger partial charge on any atom is -0.368 e. The monoisotopic (exact) mass is 388 g/mol. The Morgan fingerprint density at radius 3 is 2.34 bits per heavy atom. The van der Waals surface area contributed by atoms with Crippen LogP contribution in [0.2, 0.25) is 0 Å². The number of hydrogen-bond acceptors (Lipinski definition) is 3. The minimum atomic E-state index is -0.858. The standard InChI is InChI=1S/C24H28N4O/c1-19-25-15-16-28(19)18-24(13-14-24)17-26-22(29)23(2,20-9-5-3-6-10-20)27-21-11-7-4-8-12-21/h3-12,15-16,27H,13-14,17-18H2,1-2H3,(H,26,29). The van der Waals surface area contributed by atoms with E-state index < -0.39 is 5.54 Å². The highest BCUT2D eigenvalue weighted by atomic mass is 16.2. The van der Waals surface area contributed by atoms with E-state index in [1.54, 1.807) is 0 Å². The molecule has 1 atom stereocenters. The zero-order valence-electron chi connectivity index (χ0n) is 17.1. The summed E-state index contributed by atoms with van der Waals surface area (Å²) in [6, 6.07) is 19.8. The first-order valence-corrected chi connectivity index (χ1v) is 10.2. The van der Waals surface area contributed by atoms with Gasteiger partial charge in [-0.05, 0) is 44.4 Å². The Hall–Kier alpha value is -3.08. The van der Waals surface area contributed by atoms with Crippen molar-refractivity contribution in [2.24, 2.45) is 5.41 Å². The van der Waals surface area contributed by atoms with Gasteiger partial charge in [0, 0.05) is 36.6 Å². The number of amides is 1. The molecular weight excluding hydrogens is 360 g/mol. The summed E-state index contributed by atoms with van der Waals surface area (Å²) in [5.74, 6) is 1.00. The summed E-state index contributed by atoms with van der Waals surface area (Å²) in [5.41, 5.74) is 1.13. The molecule has 29 heavy (non-hydrogen) atoms. The largest absolute Gasteiger partial charge is 0.368 e. The first-order chi connectivity index (χ1) is 14.0. The number of imidazole rings is 1. The van der Waals surface area contributed by atoms with Crippen molar-refractivity contribution in [3.8, 4) is 0 Å². The van der Waals surface area contributed by atoms with Gasteiger partial charge in [-0.25, -0.2) is 4.98 Å². The summed E-state index contributed by atoms with van der Waals surface area (Å²) >= 11 is 0. The lowest BCUT2D eigenvalue weighted by Crippen LogP contribution is -2.49. The minimum absolute atomic E-state index is 0.0128. The number of rotatable bonds is 8. The zero-order chi connectivity index (χ0) is 20.3. The molecule has 2 aromatic carbocycles. The van der Waals surface area contributed by atoms with Crippen LogP contribution in [0.15, 0.2) is 73.1 Å². The van der Waals surface area contributed by atoms with Crippen molar-refractivity contribution in [3.05, 3.63) is 84.4 Å². The Morgan fingerprint density at radius 1 is 1.10 bits per heavy atom. The van der Waals surface area contributed by atoms with Crippen LogP contribution >= 0.6 is 0 Å². The summed E-state index contributed by atoms with van der Waals surface area (Å²) in [6.07, 6.45) is 6.10. The number of para-hydroxylation sites is 1. The van der Waals surface area contributed by atoms with Gasteiger partial charge < -0.3 is 15.2 Å². The van der Waals surface area contributed by atoms with Crippen molar-refractivity contribution in [1.29, 1.82) is 0 Å². The van der Waals surface area contributed by atoms with E-state index in [0.717, 1.165) is 36.5 Å². The van der Waals surface area contributed by atoms with E-state index in [1.165, 1.54) is 0 Å². The predicted molar refractivity (Wildman–Crippen MR) is 115 cm³/mol. The molecule has 150 valence electrons. The quantitative estimate of drug-likeness (QED) is 0.610. The molecule has 1 aliphatic carbocycles. The normalized spacial score (nSPS) is 16.6. The first-order valence-electron chi connectivity index (χ1n) is 10.2. The number of anilines is 1. The van der Waals surface area contributed by atoms with E-state index >= 15 is 0 Å². The van der Waals surface area contributed by atoms with Gasteiger partial charge >= 0.3 is 0 Å². The van der Waals surface area contributed by atoms with Crippen molar-refractivity contribution < 1.29 is 4.79 Å². The third kappa shape index (κ3) is 4.19. The number of aromatic nitrogens is 2. The van der Waals surface area contributed by atoms with E-state index in [1.807, 2.05) is 86.9 Å². The van der Waals surface area contributed by atoms with Crippen LogP contribution in [0.3, 0.4) is 0 Å². The fraction of sp³-hybridized carbons (Fsp3) is 0.333. The van der Waals surface area contributed by atoms with E-state index in [9.17, 15) is 4.79 Å². The third-order valence-corrected chi connectivity index (χ3v) is 5.98. The molecule has 4 rings (SSSR count). The second kappa shape index (κ2) is 7.74. The summed E-state index contributed by atoms with van der Waals surface area (Å²) < 4.78 is 2.18. The number of carbonyl (C=O) groups excluding carboxylic acids is 1. The van der Waals surface area contributed by atoms with Crippen LogP contribution in [0.4, 0.5) is 5.69 Å². The molecule has 5 nitrogen and oxygen atoms in total. The van der Waals surface area contributed by atoms with Gasteiger partial charge in [0.25, 0.3) is 0 Å². The van der Waals surface area contributed by atoms with Crippen molar-refractivity contribution in [2.75, 3.05) is 11.9 Å². The molecule has 3 aromatic rings. The highest BCUT2D eigenvalue weighted by Crippen LogP contribution is 2.46. The van der Waals surface area contributed by atoms with Crippen molar-refractivity contribution >= 4 is 11.6 Å². The number of carbonyl (C=O) groups is 1. The summed E-state index contributed by atoms with van der Waals surface area (Å²) in [5, 5.41) is 6.70. The molecule has 1 unspecified atom stereocenters. The fourth-order valence-electron chi connectivity index (χ4n) is 3.79. The van der Waals surface area contributed by atoms with Crippen molar-refractivity contribution in [3.63, 3.8) is 0 Å². The molecule has 1 saturated carbocycles. The van der Waals surface area contributed by atoms with Crippen LogP contribution in [0.5, 0.6) is 0 Å². The van der Waals surface area contributed by atoms with Gasteiger partial charge in [-0.2, -0.15) is 0 Å². The van der Waals surface area contributed by atoms with E-state index in [2.05, 4.69) is 20.2 Å². The summed E-state index contributed by atoms with van der Waals surface area (Å²) in [6.45, 7) is 5.53. The van der Waals surface area contributed by atoms with Gasteiger partial charge in [-0.3, -0.25) is 4.79 Å². The van der Waals surface area contributed by atoms with Crippen LogP contribution in [-0.2, 0) is 16.9 Å². The lowest BCUT2D eigenvalue weighted by molar-refractivity contribution is -0.125. The Balaban J connectivity index is 1.50. The highest BCUT2D eigenvalue weighted by molar-refractivity contribution is 5.90. The molecule has 0 bridgehead atoms. The summed E-state index contributed by atoms with van der Waals surface area (Å²) in [4.78, 5) is 17.7. The van der Waals surface area contributed by atoms with Gasteiger partial charge in [0.05, 0.1) is 0 Å². The Bertz CT molecular complexity index is 963. The molecular formula is C24H28N4O. The molecule has 0 aliphatic heterocycles. The molecule has 1 fully saturated rings. The van der Waals surface area contributed by atoms with E-state index in [0.29, 0.717) is 6.54 Å². The molecule has 1 aromatic heterocycles. The molecule has 1 heterocycles. The lowest BCUT2D eigenvalue weighted by atomic mass is 9.90. The topological polar surface area (TPSA) is 59.0 Å². The second-order valence-corrected chi connectivity index (χ2v) is 8.27. The van der Waals surface area contributed by atoms with Gasteiger partial charge in [-0.1, -0.05) is 48.5 Å². The van der Waals surface area contributed by atoms with E-state index in [4.69, 9.17) is 0 Å². The molecule has 1 amide bonds. The Morgan fingerprint density at radius 2 is 1.76 bits per heavy atom. The average molecular weight is 389 g/mol. The smallest absolute Gasteiger partial charge is 0.250 e. The van der Waals surface area contributed by atoms with Gasteiger partial charge in [-0.15, -0.1) is 0 Å². The molecule has 0 spiro atoms. The highest BCUT2D eigenvalue weighted by Gasteiger charge is 2.45. The van der Waals surface area contributed by atoms with Gasteiger partial charge in [0.15, 0.2) is 0 Å². The van der Waals surface area contributed by atoms with Gasteiger partial charge in [0.2, 0.25) is 5.91 Å². The third-order valence-electron chi connectivity index (χ3n) is 5.98. The number of benzene rings is 2. The number of hydrogen-bond donors (Lipinski definition) is 2. The van der Waals surface area contributed by atoms with Gasteiger partial charge in [0.1, 0.15) is 11.4 Å². The Labute approximate surface area is 172 Å². The molecule has 1 aliphatic rings. The van der Waals surface area contributed by atoms with Crippen LogP contribution in [-0.4, -0.2) is 22.0 Å². The first kappa shape index (κ1) is 19.2. The van der Waals surface area contributed by atoms with Crippen LogP contribution in [0.1, 0.15) is 31.2 Å². The molecule has 2 N–H and O–H groups in total. The van der Waals surface area contributed by atoms with E-state index in [-0.39, 0.29) is 11.3 Å². The molecule has 0 saturated heterocycles. The Kier molecular flexibility index (Phi) is 5.14. The van der Waals surface area contributed by atoms with Crippen LogP contribution in [0, 0.1) is 12.3 Å². The molecule has 5 heteroatoms. The summed E-state index contributed by atoms with van der Waals surface area (Å²) in [7, 11) is 0. The zero-order valence-corrected chi connectivity index (χ0v) is 17.1. The van der Waals surface area contributed by atoms with Crippen LogP contribution < -0.4 is 10.6 Å². The average Bonchev–Trinajstić information content (AvgIpc) is 3.40. The number of nitrogens with zero attached hydrogens (tertiary/aromatic N) is 2.